The van der Waals surface area contributed by atoms with Crippen molar-refractivity contribution in [2.75, 3.05) is 25.0 Å². The van der Waals surface area contributed by atoms with Crippen LogP contribution in [-0.2, 0) is 19.1 Å². The van der Waals surface area contributed by atoms with E-state index in [9.17, 15) is 14.4 Å². The lowest BCUT2D eigenvalue weighted by Crippen LogP contribution is -2.57. The third kappa shape index (κ3) is 5.41. The topological polar surface area (TPSA) is 91.0 Å². The first kappa shape index (κ1) is 29.0. The van der Waals surface area contributed by atoms with Gasteiger partial charge in [0.2, 0.25) is 17.7 Å². The van der Waals surface area contributed by atoms with Gasteiger partial charge in [0, 0.05) is 40.9 Å². The summed E-state index contributed by atoms with van der Waals surface area (Å²) in [6.45, 7) is 4.34. The number of halogens is 2. The molecule has 1 aromatic rings. The normalized spacial score (nSPS) is 33.3. The fraction of sp³-hybridized carbons (Fsp3) is 0.645. The largest absolute Gasteiger partial charge is 0.359 e. The molecule has 1 saturated carbocycles. The number of piperidine rings is 1. The van der Waals surface area contributed by atoms with Crippen LogP contribution < -0.4 is 10.6 Å². The van der Waals surface area contributed by atoms with Gasteiger partial charge in [-0.2, -0.15) is 0 Å². The molecule has 4 aliphatic heterocycles. The molecule has 6 rings (SSSR count). The van der Waals surface area contributed by atoms with Crippen LogP contribution in [-0.4, -0.2) is 77.0 Å². The molecule has 10 heteroatoms. The maximum atomic E-state index is 14.3. The Morgan fingerprint density at radius 3 is 2.46 bits per heavy atom. The molecular weight excluding hydrogens is 563 g/mol. The van der Waals surface area contributed by atoms with E-state index in [1.165, 1.54) is 12.8 Å². The summed E-state index contributed by atoms with van der Waals surface area (Å²) in [6.07, 6.45) is 13.0. The monoisotopic (exact) mass is 602 g/mol. The van der Waals surface area contributed by atoms with Gasteiger partial charge in [-0.05, 0) is 56.8 Å². The van der Waals surface area contributed by atoms with Gasteiger partial charge in [-0.25, -0.2) is 0 Å². The minimum Gasteiger partial charge on any atom is -0.359 e. The lowest BCUT2D eigenvalue weighted by Gasteiger charge is -2.38. The molecule has 6 atom stereocenters. The highest BCUT2D eigenvalue weighted by Crippen LogP contribution is 2.55. The Labute approximate surface area is 252 Å². The average Bonchev–Trinajstić information content (AvgIpc) is 3.59. The van der Waals surface area contributed by atoms with Crippen molar-refractivity contribution in [3.63, 3.8) is 0 Å². The fourth-order valence-corrected chi connectivity index (χ4v) is 8.47. The van der Waals surface area contributed by atoms with E-state index in [0.717, 1.165) is 51.5 Å². The number of anilines is 1. The first-order chi connectivity index (χ1) is 19.8. The lowest BCUT2D eigenvalue weighted by molar-refractivity contribution is -0.141. The van der Waals surface area contributed by atoms with Gasteiger partial charge in [0.1, 0.15) is 11.6 Å². The second-order valence-corrected chi connectivity index (χ2v) is 13.2. The zero-order valence-corrected chi connectivity index (χ0v) is 25.1. The Balaban J connectivity index is 1.27. The Morgan fingerprint density at radius 2 is 1.73 bits per heavy atom. The number of nitrogens with zero attached hydrogens (tertiary/aromatic N) is 2. The first-order valence-corrected chi connectivity index (χ1v) is 16.1. The molecule has 0 unspecified atom stereocenters. The molecule has 2 bridgehead atoms. The van der Waals surface area contributed by atoms with Gasteiger partial charge in [-0.15, -0.1) is 0 Å². The number of nitrogens with one attached hydrogen (secondary N) is 2. The molecule has 0 aromatic heterocycles. The summed E-state index contributed by atoms with van der Waals surface area (Å²) < 4.78 is 6.50. The van der Waals surface area contributed by atoms with Crippen molar-refractivity contribution < 1.29 is 19.1 Å². The molecule has 41 heavy (non-hydrogen) atoms. The van der Waals surface area contributed by atoms with E-state index in [2.05, 4.69) is 22.5 Å². The molecule has 8 nitrogen and oxygen atoms in total. The van der Waals surface area contributed by atoms with E-state index in [4.69, 9.17) is 27.9 Å². The summed E-state index contributed by atoms with van der Waals surface area (Å²) >= 11 is 12.3. The summed E-state index contributed by atoms with van der Waals surface area (Å²) in [5, 5.41) is 6.97. The van der Waals surface area contributed by atoms with Crippen LogP contribution in [0.1, 0.15) is 64.7 Å². The van der Waals surface area contributed by atoms with Crippen LogP contribution in [0.15, 0.2) is 30.4 Å². The van der Waals surface area contributed by atoms with Crippen LogP contribution in [0.25, 0.3) is 0 Å². The standard InChI is InChI=1S/C31H40Cl2N4O4/c1-2-23-10-6-7-13-36(23)14-15-37-27(29(39)34-21-8-4-3-5-9-21)31-12-11-24(41-31)25(26(31)30(37)40)28(38)35-22-17-19(32)16-20(33)18-22/h11-12,16-18,21,23-27H,2-10,13-15H2,1H3,(H,34,39)(H,35,38)/t23-,24+,25-,26+,27-,31+/m1/s1. The second-order valence-electron chi connectivity index (χ2n) is 12.3. The van der Waals surface area contributed by atoms with E-state index in [1.54, 1.807) is 23.1 Å². The summed E-state index contributed by atoms with van der Waals surface area (Å²) in [6, 6.07) is 4.62. The number of carbonyl (C=O) groups is 3. The number of amides is 3. The molecule has 2 N–H and O–H groups in total. The molecular formula is C31H40Cl2N4O4. The van der Waals surface area contributed by atoms with Gasteiger partial charge in [-0.1, -0.05) is 68.0 Å². The van der Waals surface area contributed by atoms with Crippen molar-refractivity contribution in [2.24, 2.45) is 11.8 Å². The van der Waals surface area contributed by atoms with Crippen molar-refractivity contribution in [1.82, 2.24) is 15.1 Å². The van der Waals surface area contributed by atoms with Gasteiger partial charge >= 0.3 is 0 Å². The number of hydrogen-bond donors (Lipinski definition) is 2. The number of likely N-dealkylation sites (tertiary alicyclic amines) is 2. The number of rotatable bonds is 8. The quantitative estimate of drug-likeness (QED) is 0.417. The highest BCUT2D eigenvalue weighted by Gasteiger charge is 2.72. The van der Waals surface area contributed by atoms with E-state index in [-0.39, 0.29) is 23.8 Å². The van der Waals surface area contributed by atoms with Crippen LogP contribution in [0.2, 0.25) is 10.0 Å². The summed E-state index contributed by atoms with van der Waals surface area (Å²) in [5.41, 5.74) is -0.710. The zero-order chi connectivity index (χ0) is 28.7. The predicted molar refractivity (Wildman–Crippen MR) is 159 cm³/mol. The average molecular weight is 604 g/mol. The van der Waals surface area contributed by atoms with Crippen molar-refractivity contribution in [2.45, 2.75) is 94.5 Å². The third-order valence-electron chi connectivity index (χ3n) is 9.86. The molecule has 0 radical (unpaired) electrons. The highest BCUT2D eigenvalue weighted by atomic mass is 35.5. The fourth-order valence-electron chi connectivity index (χ4n) is 7.94. The Kier molecular flexibility index (Phi) is 8.38. The Morgan fingerprint density at radius 1 is 1.00 bits per heavy atom. The molecule has 3 amide bonds. The van der Waals surface area contributed by atoms with Crippen LogP contribution >= 0.6 is 23.2 Å². The summed E-state index contributed by atoms with van der Waals surface area (Å²) in [4.78, 5) is 46.2. The summed E-state index contributed by atoms with van der Waals surface area (Å²) in [7, 11) is 0. The van der Waals surface area contributed by atoms with Crippen molar-refractivity contribution >= 4 is 46.6 Å². The minimum atomic E-state index is -1.17. The van der Waals surface area contributed by atoms with E-state index in [1.807, 2.05) is 12.2 Å². The minimum absolute atomic E-state index is 0.101. The smallest absolute Gasteiger partial charge is 0.246 e. The number of carbonyl (C=O) groups excluding carboxylic acids is 3. The zero-order valence-electron chi connectivity index (χ0n) is 23.6. The van der Waals surface area contributed by atoms with Gasteiger partial charge in [0.15, 0.2) is 0 Å². The predicted octanol–water partition coefficient (Wildman–Crippen LogP) is 4.80. The number of fused-ring (bicyclic) bond motifs is 1. The van der Waals surface area contributed by atoms with Crippen molar-refractivity contribution in [3.05, 3.63) is 40.4 Å². The van der Waals surface area contributed by atoms with Gasteiger partial charge in [0.05, 0.1) is 17.9 Å². The number of hydrogen-bond acceptors (Lipinski definition) is 5. The Hall–Kier alpha value is -2.13. The van der Waals surface area contributed by atoms with Crippen LogP contribution in [0.5, 0.6) is 0 Å². The molecule has 1 aliphatic carbocycles. The molecule has 5 aliphatic rings. The van der Waals surface area contributed by atoms with Gasteiger partial charge in [-0.3, -0.25) is 19.3 Å². The third-order valence-corrected chi connectivity index (χ3v) is 10.3. The van der Waals surface area contributed by atoms with Crippen LogP contribution in [0.3, 0.4) is 0 Å². The highest BCUT2D eigenvalue weighted by molar-refractivity contribution is 6.35. The maximum absolute atomic E-state index is 14.3. The lowest BCUT2D eigenvalue weighted by atomic mass is 9.74. The van der Waals surface area contributed by atoms with Crippen LogP contribution in [0, 0.1) is 11.8 Å². The van der Waals surface area contributed by atoms with Crippen molar-refractivity contribution in [1.29, 1.82) is 0 Å². The van der Waals surface area contributed by atoms with E-state index in [0.29, 0.717) is 34.9 Å². The number of ether oxygens (including phenoxy) is 1. The van der Waals surface area contributed by atoms with Crippen LogP contribution in [0.4, 0.5) is 5.69 Å². The van der Waals surface area contributed by atoms with Crippen molar-refractivity contribution in [3.8, 4) is 0 Å². The molecule has 1 aromatic carbocycles. The maximum Gasteiger partial charge on any atom is 0.246 e. The Bertz CT molecular complexity index is 1200. The van der Waals surface area contributed by atoms with Gasteiger partial charge in [0.25, 0.3) is 0 Å². The van der Waals surface area contributed by atoms with E-state index < -0.39 is 29.6 Å². The summed E-state index contributed by atoms with van der Waals surface area (Å²) in [5.74, 6) is -2.24. The van der Waals surface area contributed by atoms with Gasteiger partial charge < -0.3 is 20.3 Å². The first-order valence-electron chi connectivity index (χ1n) is 15.3. The molecule has 222 valence electrons. The number of benzene rings is 1. The molecule has 4 heterocycles. The molecule has 4 fully saturated rings. The second kappa shape index (κ2) is 11.9. The SMILES string of the molecule is CC[C@@H]1CCCCN1CCN1C(=O)[C@@H]2[C@H](C(=O)Nc3cc(Cl)cc(Cl)c3)[C@@H]3C=C[C@@]2(O3)[C@H]1C(=O)NC1CCCCC1. The molecule has 1 spiro atoms. The van der Waals surface area contributed by atoms with E-state index >= 15 is 0 Å². The molecule has 3 saturated heterocycles.